The Morgan fingerprint density at radius 1 is 1.20 bits per heavy atom. The Bertz CT molecular complexity index is 246. The average molecular weight is 224 g/mol. The molecule has 1 aliphatic rings. The summed E-state index contributed by atoms with van der Waals surface area (Å²) >= 11 is 4.99. The molecule has 1 fully saturated rings. The number of hydrogen-bond acceptors (Lipinski definition) is 3. The van der Waals surface area contributed by atoms with Crippen molar-refractivity contribution >= 4 is 17.2 Å². The zero-order valence-corrected chi connectivity index (χ0v) is 9.74. The Kier molecular flexibility index (Phi) is 5.88. The molecule has 0 unspecified atom stereocenters. The summed E-state index contributed by atoms with van der Waals surface area (Å²) in [4.78, 5) is 6.93. The first kappa shape index (κ1) is 12.1. The summed E-state index contributed by atoms with van der Waals surface area (Å²) in [6.07, 6.45) is 3.50. The normalized spacial score (nSPS) is 15.1. The molecule has 0 atom stereocenters. The van der Waals surface area contributed by atoms with Crippen molar-refractivity contribution in [2.45, 2.75) is 6.92 Å². The lowest BCUT2D eigenvalue weighted by atomic mass is 10.4. The zero-order valence-electron chi connectivity index (χ0n) is 8.93. The molecule has 4 heteroatoms. The molecule has 1 aliphatic heterocycles. The molecule has 1 aromatic rings. The van der Waals surface area contributed by atoms with Gasteiger partial charge in [0.25, 0.3) is 0 Å². The molecule has 0 radical (unpaired) electrons. The van der Waals surface area contributed by atoms with Crippen molar-refractivity contribution in [1.82, 2.24) is 9.88 Å². The molecule has 2 rings (SSSR count). The molecule has 82 valence electrons. The van der Waals surface area contributed by atoms with Crippen LogP contribution in [-0.2, 0) is 4.74 Å². The quantitative estimate of drug-likeness (QED) is 0.627. The first-order chi connectivity index (χ1) is 7.30. The SMILES string of the molecule is CC(=S)N1CCOCC1.c1ccncc1. The number of aromatic nitrogens is 1. The third kappa shape index (κ3) is 5.44. The maximum atomic E-state index is 5.15. The van der Waals surface area contributed by atoms with Gasteiger partial charge in [0.1, 0.15) is 0 Å². The van der Waals surface area contributed by atoms with Gasteiger partial charge in [-0.2, -0.15) is 0 Å². The van der Waals surface area contributed by atoms with Crippen molar-refractivity contribution in [3.8, 4) is 0 Å². The number of hydrogen-bond donors (Lipinski definition) is 0. The van der Waals surface area contributed by atoms with Crippen LogP contribution in [0.3, 0.4) is 0 Å². The van der Waals surface area contributed by atoms with Gasteiger partial charge in [-0.3, -0.25) is 4.98 Å². The maximum Gasteiger partial charge on any atom is 0.0749 e. The van der Waals surface area contributed by atoms with E-state index < -0.39 is 0 Å². The Labute approximate surface area is 96.1 Å². The summed E-state index contributed by atoms with van der Waals surface area (Å²) < 4.78 is 5.15. The van der Waals surface area contributed by atoms with Gasteiger partial charge in [0.05, 0.1) is 18.2 Å². The predicted molar refractivity (Wildman–Crippen MR) is 64.9 cm³/mol. The van der Waals surface area contributed by atoms with Crippen molar-refractivity contribution in [2.24, 2.45) is 0 Å². The van der Waals surface area contributed by atoms with E-state index in [4.69, 9.17) is 17.0 Å². The first-order valence-corrected chi connectivity index (χ1v) is 5.40. The van der Waals surface area contributed by atoms with Gasteiger partial charge in [-0.25, -0.2) is 0 Å². The number of morpholine rings is 1. The third-order valence-corrected chi connectivity index (χ3v) is 2.28. The Morgan fingerprint density at radius 3 is 2.07 bits per heavy atom. The Balaban J connectivity index is 0.000000162. The number of ether oxygens (including phenoxy) is 1. The van der Waals surface area contributed by atoms with E-state index >= 15 is 0 Å². The molecular formula is C11H16N2OS. The van der Waals surface area contributed by atoms with Gasteiger partial charge >= 0.3 is 0 Å². The van der Waals surface area contributed by atoms with Gasteiger partial charge in [-0.05, 0) is 19.1 Å². The fraction of sp³-hybridized carbons (Fsp3) is 0.455. The average Bonchev–Trinajstić information content (AvgIpc) is 2.33. The monoisotopic (exact) mass is 224 g/mol. The molecular weight excluding hydrogens is 208 g/mol. The molecule has 0 aromatic carbocycles. The Morgan fingerprint density at radius 2 is 1.80 bits per heavy atom. The van der Waals surface area contributed by atoms with Crippen LogP contribution in [0.15, 0.2) is 30.6 Å². The molecule has 1 saturated heterocycles. The van der Waals surface area contributed by atoms with Crippen molar-refractivity contribution in [1.29, 1.82) is 0 Å². The van der Waals surface area contributed by atoms with E-state index in [0.717, 1.165) is 31.3 Å². The van der Waals surface area contributed by atoms with Crippen LogP contribution in [0.1, 0.15) is 6.92 Å². The summed E-state index contributed by atoms with van der Waals surface area (Å²) in [5.74, 6) is 0. The lowest BCUT2D eigenvalue weighted by Crippen LogP contribution is -2.38. The van der Waals surface area contributed by atoms with Gasteiger partial charge in [0.15, 0.2) is 0 Å². The minimum atomic E-state index is 0.827. The van der Waals surface area contributed by atoms with E-state index in [1.165, 1.54) is 0 Å². The van der Waals surface area contributed by atoms with Gasteiger partial charge < -0.3 is 9.64 Å². The van der Waals surface area contributed by atoms with Gasteiger partial charge in [0.2, 0.25) is 0 Å². The molecule has 0 bridgehead atoms. The largest absolute Gasteiger partial charge is 0.378 e. The molecule has 3 nitrogen and oxygen atoms in total. The molecule has 15 heavy (non-hydrogen) atoms. The van der Waals surface area contributed by atoms with Crippen molar-refractivity contribution in [3.05, 3.63) is 30.6 Å². The van der Waals surface area contributed by atoms with Gasteiger partial charge in [-0.1, -0.05) is 18.3 Å². The Hall–Kier alpha value is -1.00. The lowest BCUT2D eigenvalue weighted by Gasteiger charge is -2.27. The predicted octanol–water partition coefficient (Wildman–Crippen LogP) is 1.75. The molecule has 1 aromatic heterocycles. The summed E-state index contributed by atoms with van der Waals surface area (Å²) in [5.41, 5.74) is 0. The first-order valence-electron chi connectivity index (χ1n) is 4.99. The lowest BCUT2D eigenvalue weighted by molar-refractivity contribution is 0.0688. The van der Waals surface area contributed by atoms with E-state index in [0.29, 0.717) is 0 Å². The minimum Gasteiger partial charge on any atom is -0.378 e. The van der Waals surface area contributed by atoms with Crippen LogP contribution < -0.4 is 0 Å². The highest BCUT2D eigenvalue weighted by atomic mass is 32.1. The molecule has 0 amide bonds. The highest BCUT2D eigenvalue weighted by Gasteiger charge is 2.08. The van der Waals surface area contributed by atoms with E-state index in [9.17, 15) is 0 Å². The summed E-state index contributed by atoms with van der Waals surface area (Å²) in [5, 5.41) is 0. The second kappa shape index (κ2) is 7.31. The van der Waals surface area contributed by atoms with Gasteiger partial charge in [0, 0.05) is 25.5 Å². The van der Waals surface area contributed by atoms with Crippen molar-refractivity contribution in [2.75, 3.05) is 26.3 Å². The summed E-state index contributed by atoms with van der Waals surface area (Å²) in [6.45, 7) is 5.55. The highest BCUT2D eigenvalue weighted by Crippen LogP contribution is 1.97. The highest BCUT2D eigenvalue weighted by molar-refractivity contribution is 7.80. The topological polar surface area (TPSA) is 25.4 Å². The van der Waals surface area contributed by atoms with Crippen molar-refractivity contribution < 1.29 is 4.74 Å². The van der Waals surface area contributed by atoms with Crippen LogP contribution in [0.5, 0.6) is 0 Å². The van der Waals surface area contributed by atoms with Crippen LogP contribution in [0.4, 0.5) is 0 Å². The van der Waals surface area contributed by atoms with E-state index in [2.05, 4.69) is 9.88 Å². The fourth-order valence-electron chi connectivity index (χ4n) is 1.19. The number of pyridine rings is 1. The molecule has 0 aliphatic carbocycles. The zero-order chi connectivity index (χ0) is 10.9. The van der Waals surface area contributed by atoms with Crippen LogP contribution in [0, 0.1) is 0 Å². The minimum absolute atomic E-state index is 0.827. The van der Waals surface area contributed by atoms with Crippen LogP contribution in [-0.4, -0.2) is 41.2 Å². The number of thiocarbonyl (C=S) groups is 1. The van der Waals surface area contributed by atoms with E-state index in [1.54, 1.807) is 12.4 Å². The van der Waals surface area contributed by atoms with Gasteiger partial charge in [-0.15, -0.1) is 0 Å². The summed E-state index contributed by atoms with van der Waals surface area (Å²) in [7, 11) is 0. The second-order valence-corrected chi connectivity index (χ2v) is 3.73. The number of nitrogens with zero attached hydrogens (tertiary/aromatic N) is 2. The fourth-order valence-corrected chi connectivity index (χ4v) is 1.37. The molecule has 0 N–H and O–H groups in total. The standard InChI is InChI=1S/C6H11NOS.C5H5N/c1-6(9)7-2-4-8-5-3-7;1-2-4-6-5-3-1/h2-5H2,1H3;1-5H. The van der Waals surface area contributed by atoms with Crippen LogP contribution in [0.25, 0.3) is 0 Å². The maximum absolute atomic E-state index is 5.15. The molecule has 0 spiro atoms. The summed E-state index contributed by atoms with van der Waals surface area (Å²) in [6, 6.07) is 5.72. The smallest absolute Gasteiger partial charge is 0.0749 e. The van der Waals surface area contributed by atoms with Crippen LogP contribution in [0.2, 0.25) is 0 Å². The number of rotatable bonds is 0. The molecule has 0 saturated carbocycles. The molecule has 2 heterocycles. The van der Waals surface area contributed by atoms with Crippen molar-refractivity contribution in [3.63, 3.8) is 0 Å². The van der Waals surface area contributed by atoms with E-state index in [-0.39, 0.29) is 0 Å². The third-order valence-electron chi connectivity index (χ3n) is 2.02. The second-order valence-electron chi connectivity index (χ2n) is 3.14. The van der Waals surface area contributed by atoms with Crippen LogP contribution >= 0.6 is 12.2 Å². The van der Waals surface area contributed by atoms with E-state index in [1.807, 2.05) is 25.1 Å².